The average molecular weight is 520 g/mol. The van der Waals surface area contributed by atoms with Crippen molar-refractivity contribution in [1.82, 2.24) is 10.2 Å². The Kier molecular flexibility index (Phi) is 10.9. The lowest BCUT2D eigenvalue weighted by molar-refractivity contribution is -0.119. The molecule has 1 fully saturated rings. The summed E-state index contributed by atoms with van der Waals surface area (Å²) in [6.45, 7) is 4.86. The average Bonchev–Trinajstić information content (AvgIpc) is 2.70. The second-order valence-corrected chi connectivity index (χ2v) is 6.81. The van der Waals surface area contributed by atoms with Crippen molar-refractivity contribution in [2.75, 3.05) is 41.0 Å². The van der Waals surface area contributed by atoms with Gasteiger partial charge in [0.1, 0.15) is 17.2 Å². The first kappa shape index (κ1) is 25.1. The smallest absolute Gasteiger partial charge is 0.217 e. The zero-order chi connectivity index (χ0) is 20.5. The number of hydrogen-bond donors (Lipinski definition) is 2. The molecule has 1 atom stereocenters. The van der Waals surface area contributed by atoms with E-state index in [9.17, 15) is 4.79 Å². The molecule has 0 aliphatic carbocycles. The van der Waals surface area contributed by atoms with E-state index in [0.29, 0.717) is 30.2 Å². The molecule has 1 aromatic rings. The number of piperidine rings is 1. The summed E-state index contributed by atoms with van der Waals surface area (Å²) < 4.78 is 16.3. The summed E-state index contributed by atoms with van der Waals surface area (Å²) in [4.78, 5) is 18.3. The monoisotopic (exact) mass is 520 g/mol. The highest BCUT2D eigenvalue weighted by Gasteiger charge is 2.24. The number of guanidine groups is 1. The summed E-state index contributed by atoms with van der Waals surface area (Å²) in [6, 6.07) is 3.65. The lowest BCUT2D eigenvalue weighted by Gasteiger charge is -2.34. The molecule has 0 bridgehead atoms. The zero-order valence-electron chi connectivity index (χ0n) is 17.7. The molecule has 1 saturated heterocycles. The number of nitrogens with one attached hydrogen (secondary N) is 1. The van der Waals surface area contributed by atoms with Crippen LogP contribution in [0.3, 0.4) is 0 Å². The molecule has 29 heavy (non-hydrogen) atoms. The van der Waals surface area contributed by atoms with Crippen molar-refractivity contribution in [3.8, 4) is 17.2 Å². The number of primary amides is 1. The van der Waals surface area contributed by atoms with Crippen LogP contribution < -0.4 is 25.3 Å². The topological polar surface area (TPSA) is 98.4 Å². The summed E-state index contributed by atoms with van der Waals surface area (Å²) in [7, 11) is 4.84. The van der Waals surface area contributed by atoms with Crippen LogP contribution in [-0.4, -0.2) is 57.7 Å². The van der Waals surface area contributed by atoms with Crippen molar-refractivity contribution in [3.63, 3.8) is 0 Å². The number of rotatable bonds is 8. The maximum absolute atomic E-state index is 11.3. The molecule has 0 saturated carbocycles. The molecule has 9 heteroatoms. The van der Waals surface area contributed by atoms with Crippen molar-refractivity contribution in [2.45, 2.75) is 32.7 Å². The van der Waals surface area contributed by atoms with Crippen LogP contribution in [0.2, 0.25) is 0 Å². The van der Waals surface area contributed by atoms with Crippen molar-refractivity contribution >= 4 is 35.8 Å². The van der Waals surface area contributed by atoms with Gasteiger partial charge < -0.3 is 30.2 Å². The van der Waals surface area contributed by atoms with Crippen LogP contribution in [0, 0.1) is 5.92 Å². The quantitative estimate of drug-likeness (QED) is 0.311. The van der Waals surface area contributed by atoms with Gasteiger partial charge in [-0.05, 0) is 25.7 Å². The van der Waals surface area contributed by atoms with E-state index in [-0.39, 0.29) is 35.8 Å². The Hall–Kier alpha value is -1.91. The minimum atomic E-state index is -0.249. The van der Waals surface area contributed by atoms with Gasteiger partial charge in [-0.2, -0.15) is 0 Å². The second kappa shape index (κ2) is 12.6. The van der Waals surface area contributed by atoms with Crippen LogP contribution >= 0.6 is 24.0 Å². The highest BCUT2D eigenvalue weighted by molar-refractivity contribution is 14.0. The predicted octanol–water partition coefficient (Wildman–Crippen LogP) is 2.38. The van der Waals surface area contributed by atoms with Gasteiger partial charge in [-0.3, -0.25) is 4.79 Å². The third kappa shape index (κ3) is 7.13. The van der Waals surface area contributed by atoms with E-state index in [2.05, 4.69) is 10.2 Å². The van der Waals surface area contributed by atoms with Gasteiger partial charge in [-0.1, -0.05) is 0 Å². The lowest BCUT2D eigenvalue weighted by atomic mass is 9.95. The summed E-state index contributed by atoms with van der Waals surface area (Å²) in [5, 5.41) is 3.35. The lowest BCUT2D eigenvalue weighted by Crippen LogP contribution is -2.47. The number of likely N-dealkylation sites (tertiary alicyclic amines) is 1. The standard InChI is InChI=1S/C20H32N4O4.HI/c1-5-22-20(24-8-6-7-14(13-24)9-19(21)25)23-12-16-17(27-3)10-15(26-2)11-18(16)28-4;/h10-11,14H,5-9,12-13H2,1-4H3,(H2,21,25)(H,22,23);1H. The zero-order valence-corrected chi connectivity index (χ0v) is 20.0. The molecule has 8 nitrogen and oxygen atoms in total. The second-order valence-electron chi connectivity index (χ2n) is 6.81. The van der Waals surface area contributed by atoms with Crippen LogP contribution in [0.4, 0.5) is 0 Å². The van der Waals surface area contributed by atoms with Gasteiger partial charge in [0, 0.05) is 38.2 Å². The summed E-state index contributed by atoms with van der Waals surface area (Å²) in [5.41, 5.74) is 6.24. The van der Waals surface area contributed by atoms with Crippen LogP contribution in [-0.2, 0) is 11.3 Å². The Morgan fingerprint density at radius 2 is 1.90 bits per heavy atom. The fourth-order valence-electron chi connectivity index (χ4n) is 3.52. The number of benzene rings is 1. The fourth-order valence-corrected chi connectivity index (χ4v) is 3.52. The van der Waals surface area contributed by atoms with E-state index in [1.165, 1.54) is 0 Å². The molecule has 1 unspecified atom stereocenters. The molecule has 1 aliphatic heterocycles. The molecule has 0 aromatic heterocycles. The Morgan fingerprint density at radius 1 is 1.24 bits per heavy atom. The number of carbonyl (C=O) groups excluding carboxylic acids is 1. The van der Waals surface area contributed by atoms with Gasteiger partial charge >= 0.3 is 0 Å². The molecule has 1 heterocycles. The fraction of sp³-hybridized carbons (Fsp3) is 0.600. The molecule has 0 radical (unpaired) electrons. The normalized spacial score (nSPS) is 16.6. The third-order valence-electron chi connectivity index (χ3n) is 4.85. The van der Waals surface area contributed by atoms with E-state index in [1.807, 2.05) is 19.1 Å². The summed E-state index contributed by atoms with van der Waals surface area (Å²) >= 11 is 0. The molecular weight excluding hydrogens is 487 g/mol. The van der Waals surface area contributed by atoms with E-state index in [4.69, 9.17) is 24.9 Å². The van der Waals surface area contributed by atoms with Gasteiger partial charge in [0.2, 0.25) is 5.91 Å². The first-order valence-electron chi connectivity index (χ1n) is 9.62. The highest BCUT2D eigenvalue weighted by atomic mass is 127. The van der Waals surface area contributed by atoms with E-state index in [1.54, 1.807) is 21.3 Å². The summed E-state index contributed by atoms with van der Waals surface area (Å²) in [5.74, 6) is 2.83. The van der Waals surface area contributed by atoms with E-state index < -0.39 is 0 Å². The van der Waals surface area contributed by atoms with E-state index >= 15 is 0 Å². The number of aliphatic imine (C=N–C) groups is 1. The van der Waals surface area contributed by atoms with Crippen LogP contribution in [0.25, 0.3) is 0 Å². The number of halogens is 1. The maximum atomic E-state index is 11.3. The van der Waals surface area contributed by atoms with Gasteiger partial charge in [-0.15, -0.1) is 24.0 Å². The molecule has 3 N–H and O–H groups in total. The molecule has 1 aromatic carbocycles. The Bertz CT molecular complexity index is 674. The van der Waals surface area contributed by atoms with Crippen molar-refractivity contribution in [1.29, 1.82) is 0 Å². The number of methoxy groups -OCH3 is 3. The number of nitrogens with zero attached hydrogens (tertiary/aromatic N) is 2. The predicted molar refractivity (Wildman–Crippen MR) is 124 cm³/mol. The number of ether oxygens (including phenoxy) is 3. The minimum Gasteiger partial charge on any atom is -0.496 e. The molecule has 0 spiro atoms. The SMILES string of the molecule is CCNC(=NCc1c(OC)cc(OC)cc1OC)N1CCCC(CC(N)=O)C1.I. The largest absolute Gasteiger partial charge is 0.496 e. The first-order valence-corrected chi connectivity index (χ1v) is 9.62. The summed E-state index contributed by atoms with van der Waals surface area (Å²) in [6.07, 6.45) is 2.44. The number of amides is 1. The number of carbonyl (C=O) groups is 1. The molecule has 164 valence electrons. The van der Waals surface area contributed by atoms with Crippen LogP contribution in [0.1, 0.15) is 31.7 Å². The molecule has 1 aliphatic rings. The van der Waals surface area contributed by atoms with E-state index in [0.717, 1.165) is 44.0 Å². The Labute approximate surface area is 190 Å². The van der Waals surface area contributed by atoms with Gasteiger partial charge in [0.25, 0.3) is 0 Å². The molecule has 1 amide bonds. The number of hydrogen-bond acceptors (Lipinski definition) is 5. The third-order valence-corrected chi connectivity index (χ3v) is 4.85. The van der Waals surface area contributed by atoms with Gasteiger partial charge in [-0.25, -0.2) is 4.99 Å². The molecule has 2 rings (SSSR count). The van der Waals surface area contributed by atoms with Crippen LogP contribution in [0.15, 0.2) is 17.1 Å². The van der Waals surface area contributed by atoms with Crippen molar-refractivity contribution in [3.05, 3.63) is 17.7 Å². The number of nitrogens with two attached hydrogens (primary N) is 1. The van der Waals surface area contributed by atoms with Gasteiger partial charge in [0.15, 0.2) is 5.96 Å². The Morgan fingerprint density at radius 3 is 2.41 bits per heavy atom. The van der Waals surface area contributed by atoms with Crippen molar-refractivity contribution < 1.29 is 19.0 Å². The van der Waals surface area contributed by atoms with Crippen molar-refractivity contribution in [2.24, 2.45) is 16.6 Å². The Balaban J connectivity index is 0.00000420. The minimum absolute atomic E-state index is 0. The maximum Gasteiger partial charge on any atom is 0.217 e. The first-order chi connectivity index (χ1) is 13.5. The van der Waals surface area contributed by atoms with Gasteiger partial charge in [0.05, 0.1) is 33.4 Å². The highest BCUT2D eigenvalue weighted by Crippen LogP contribution is 2.34. The molecular formula is C20H33IN4O4. The van der Waals surface area contributed by atoms with Crippen LogP contribution in [0.5, 0.6) is 17.2 Å².